The van der Waals surface area contributed by atoms with Gasteiger partial charge in [-0.3, -0.25) is 14.3 Å². The van der Waals surface area contributed by atoms with Gasteiger partial charge in [0.2, 0.25) is 0 Å². The fourth-order valence-corrected chi connectivity index (χ4v) is 7.07. The van der Waals surface area contributed by atoms with Crippen molar-refractivity contribution in [1.82, 2.24) is 9.55 Å². The number of nitrogens with zero attached hydrogens (tertiary/aromatic N) is 1. The summed E-state index contributed by atoms with van der Waals surface area (Å²) in [6.07, 6.45) is 2.66. The van der Waals surface area contributed by atoms with Gasteiger partial charge in [-0.15, -0.1) is 6.58 Å². The molecule has 10 heteroatoms. The van der Waals surface area contributed by atoms with Gasteiger partial charge < -0.3 is 28.8 Å². The van der Waals surface area contributed by atoms with Gasteiger partial charge in [0.25, 0.3) is 5.56 Å². The lowest BCUT2D eigenvalue weighted by atomic mass is 9.78. The molecule has 0 radical (unpaired) electrons. The molecule has 270 valence electrons. The third kappa shape index (κ3) is 6.86. The Bertz CT molecular complexity index is 2010. The minimum Gasteiger partial charge on any atom is -0.497 e. The highest BCUT2D eigenvalue weighted by Crippen LogP contribution is 2.51. The average Bonchev–Trinajstić information content (AvgIpc) is 3.50. The first-order valence-corrected chi connectivity index (χ1v) is 17.1. The zero-order valence-electron chi connectivity index (χ0n) is 29.6. The maximum Gasteiger partial charge on any atom is 0.330 e. The predicted molar refractivity (Wildman–Crippen MR) is 198 cm³/mol. The molecular weight excluding hydrogens is 660 g/mol. The molecule has 10 nitrogen and oxygen atoms in total. The summed E-state index contributed by atoms with van der Waals surface area (Å²) < 4.78 is 33.4. The van der Waals surface area contributed by atoms with E-state index in [1.165, 1.54) is 10.8 Å². The van der Waals surface area contributed by atoms with Crippen LogP contribution in [-0.2, 0) is 26.4 Å². The molecule has 0 saturated carbocycles. The predicted octanol–water partition coefficient (Wildman–Crippen LogP) is 6.05. The maximum atomic E-state index is 13.3. The lowest BCUT2D eigenvalue weighted by Gasteiger charge is -2.45. The summed E-state index contributed by atoms with van der Waals surface area (Å²) in [6.45, 7) is 5.14. The SMILES string of the molecule is C=CC[C@@]1(OCc2ccccc2)C[C@H](n2cc(C)c(=O)[nH]c2=O)O[C@]1(CO)COC(c1ccccc1)(c1ccc(OC)cc1)c1ccc(OC)cc1. The van der Waals surface area contributed by atoms with Crippen LogP contribution in [0.5, 0.6) is 11.5 Å². The van der Waals surface area contributed by atoms with Crippen LogP contribution in [0.15, 0.2) is 138 Å². The van der Waals surface area contributed by atoms with Crippen molar-refractivity contribution in [1.29, 1.82) is 0 Å². The van der Waals surface area contributed by atoms with E-state index in [1.54, 1.807) is 27.2 Å². The van der Waals surface area contributed by atoms with Crippen LogP contribution in [0.1, 0.15) is 46.9 Å². The lowest BCUT2D eigenvalue weighted by Crippen LogP contribution is -2.59. The molecule has 3 atom stereocenters. The van der Waals surface area contributed by atoms with Crippen LogP contribution < -0.4 is 20.7 Å². The van der Waals surface area contributed by atoms with Crippen LogP contribution in [0.2, 0.25) is 0 Å². The van der Waals surface area contributed by atoms with E-state index in [0.29, 0.717) is 17.1 Å². The number of rotatable bonds is 15. The van der Waals surface area contributed by atoms with Crippen molar-refractivity contribution >= 4 is 0 Å². The molecule has 0 aliphatic carbocycles. The Morgan fingerprint density at radius 3 is 1.98 bits per heavy atom. The van der Waals surface area contributed by atoms with E-state index in [0.717, 1.165) is 22.3 Å². The molecule has 1 saturated heterocycles. The van der Waals surface area contributed by atoms with Crippen LogP contribution in [0.25, 0.3) is 0 Å². The number of nitrogens with one attached hydrogen (secondary N) is 1. The Morgan fingerprint density at radius 2 is 1.44 bits per heavy atom. The molecule has 6 rings (SSSR count). The van der Waals surface area contributed by atoms with E-state index in [-0.39, 0.29) is 26.1 Å². The van der Waals surface area contributed by atoms with Crippen molar-refractivity contribution in [3.05, 3.63) is 177 Å². The molecule has 5 aromatic rings. The first-order chi connectivity index (χ1) is 25.2. The van der Waals surface area contributed by atoms with Crippen LogP contribution in [-0.4, -0.2) is 53.3 Å². The van der Waals surface area contributed by atoms with Gasteiger partial charge in [-0.1, -0.05) is 91.0 Å². The first-order valence-electron chi connectivity index (χ1n) is 17.1. The highest BCUT2D eigenvalue weighted by Gasteiger charge is 2.62. The van der Waals surface area contributed by atoms with Gasteiger partial charge in [0.15, 0.2) is 0 Å². The van der Waals surface area contributed by atoms with Crippen molar-refractivity contribution < 1.29 is 28.8 Å². The number of aliphatic hydroxyl groups excluding tert-OH is 1. The summed E-state index contributed by atoms with van der Waals surface area (Å²) >= 11 is 0. The summed E-state index contributed by atoms with van der Waals surface area (Å²) in [6, 6.07) is 34.8. The molecule has 0 spiro atoms. The standard InChI is InChI=1S/C42H44N2O8/c1-5-24-40(50-27-31-12-8-6-9-13-31)25-37(44-26-30(2)38(46)43-39(44)47)52-41(40,28-45)29-51-42(32-14-10-7-11-15-32,33-16-20-35(48-3)21-17-33)34-18-22-36(49-4)23-19-34/h5-23,26,37,45H,1,24-25,27-29H2,2-4H3,(H,43,46,47)/t37-,40-,41-/m1/s1. The fourth-order valence-electron chi connectivity index (χ4n) is 7.07. The van der Waals surface area contributed by atoms with E-state index < -0.39 is 40.9 Å². The number of aryl methyl sites for hydroxylation is 1. The average molecular weight is 705 g/mol. The number of benzene rings is 4. The van der Waals surface area contributed by atoms with Crippen molar-refractivity contribution in [3.63, 3.8) is 0 Å². The second-order valence-electron chi connectivity index (χ2n) is 13.0. The Hall–Kier alpha value is -5.26. The third-order valence-electron chi connectivity index (χ3n) is 9.94. The lowest BCUT2D eigenvalue weighted by molar-refractivity contribution is -0.223. The van der Waals surface area contributed by atoms with Gasteiger partial charge in [0, 0.05) is 18.2 Å². The van der Waals surface area contributed by atoms with Crippen LogP contribution in [0.3, 0.4) is 0 Å². The highest BCUT2D eigenvalue weighted by molar-refractivity contribution is 5.50. The fraction of sp³-hybridized carbons (Fsp3) is 0.286. The van der Waals surface area contributed by atoms with Gasteiger partial charge in [-0.05, 0) is 59.9 Å². The monoisotopic (exact) mass is 704 g/mol. The molecule has 1 aromatic heterocycles. The van der Waals surface area contributed by atoms with Crippen LogP contribution >= 0.6 is 0 Å². The molecule has 2 heterocycles. The third-order valence-corrected chi connectivity index (χ3v) is 9.94. The number of aliphatic hydroxyl groups is 1. The smallest absolute Gasteiger partial charge is 0.330 e. The van der Waals surface area contributed by atoms with Crippen LogP contribution in [0, 0.1) is 6.92 Å². The highest BCUT2D eigenvalue weighted by atomic mass is 16.6. The second kappa shape index (κ2) is 15.5. The quantitative estimate of drug-likeness (QED) is 0.0999. The van der Waals surface area contributed by atoms with Crippen molar-refractivity contribution in [3.8, 4) is 11.5 Å². The van der Waals surface area contributed by atoms with E-state index >= 15 is 0 Å². The summed E-state index contributed by atoms with van der Waals surface area (Å²) in [4.78, 5) is 28.0. The molecule has 0 amide bonds. The number of H-pyrrole nitrogens is 1. The minimum absolute atomic E-state index is 0.143. The summed E-state index contributed by atoms with van der Waals surface area (Å²) in [5.74, 6) is 1.35. The van der Waals surface area contributed by atoms with E-state index in [9.17, 15) is 14.7 Å². The molecule has 2 N–H and O–H groups in total. The Labute approximate surface area is 302 Å². The Balaban J connectivity index is 1.53. The molecular formula is C42H44N2O8. The van der Waals surface area contributed by atoms with Crippen molar-refractivity contribution in [2.24, 2.45) is 0 Å². The number of hydrogen-bond donors (Lipinski definition) is 2. The van der Waals surface area contributed by atoms with Crippen molar-refractivity contribution in [2.75, 3.05) is 27.4 Å². The molecule has 1 aliphatic heterocycles. The van der Waals surface area contributed by atoms with Gasteiger partial charge in [0.05, 0.1) is 34.0 Å². The second-order valence-corrected chi connectivity index (χ2v) is 13.0. The summed E-state index contributed by atoms with van der Waals surface area (Å²) in [5, 5.41) is 11.6. The summed E-state index contributed by atoms with van der Waals surface area (Å²) in [7, 11) is 3.23. The molecule has 0 bridgehead atoms. The molecule has 0 unspecified atom stereocenters. The number of hydrogen-bond acceptors (Lipinski definition) is 8. The number of methoxy groups -OCH3 is 2. The normalized spacial score (nSPS) is 20.0. The van der Waals surface area contributed by atoms with Crippen molar-refractivity contribution in [2.45, 2.75) is 49.4 Å². The maximum absolute atomic E-state index is 13.3. The Morgan fingerprint density at radius 1 is 0.885 bits per heavy atom. The zero-order valence-corrected chi connectivity index (χ0v) is 29.6. The molecule has 52 heavy (non-hydrogen) atoms. The molecule has 1 aliphatic rings. The largest absolute Gasteiger partial charge is 0.497 e. The van der Waals surface area contributed by atoms with Gasteiger partial charge in [0.1, 0.15) is 34.5 Å². The Kier molecular flexibility index (Phi) is 10.9. The summed E-state index contributed by atoms with van der Waals surface area (Å²) in [5.41, 5.74) is -1.50. The number of ether oxygens (including phenoxy) is 5. The number of aromatic amines is 1. The zero-order chi connectivity index (χ0) is 36.8. The van der Waals surface area contributed by atoms with E-state index in [1.807, 2.05) is 109 Å². The van der Waals surface area contributed by atoms with E-state index in [2.05, 4.69) is 11.6 Å². The van der Waals surface area contributed by atoms with Gasteiger partial charge in [-0.2, -0.15) is 0 Å². The number of aromatic nitrogens is 2. The van der Waals surface area contributed by atoms with E-state index in [4.69, 9.17) is 23.7 Å². The van der Waals surface area contributed by atoms with Gasteiger partial charge in [-0.25, -0.2) is 4.79 Å². The van der Waals surface area contributed by atoms with Gasteiger partial charge >= 0.3 is 5.69 Å². The first kappa shape index (κ1) is 36.5. The molecule has 4 aromatic carbocycles. The minimum atomic E-state index is -1.54. The molecule has 1 fully saturated rings. The van der Waals surface area contributed by atoms with Crippen LogP contribution in [0.4, 0.5) is 0 Å². The topological polar surface area (TPSA) is 121 Å².